The highest BCUT2D eigenvalue weighted by atomic mass is 14.6. The lowest BCUT2D eigenvalue weighted by atomic mass is 9.94. The molecule has 0 spiro atoms. The Hall–Kier alpha value is -2.59. The van der Waals surface area contributed by atoms with Gasteiger partial charge in [-0.15, -0.1) is 0 Å². The van der Waals surface area contributed by atoms with E-state index in [0.29, 0.717) is 0 Å². The molecular weight excluding hydrogens is 218 g/mol. The Bertz CT molecular complexity index is 913. The van der Waals surface area contributed by atoms with Gasteiger partial charge in [-0.2, -0.15) is 0 Å². The van der Waals surface area contributed by atoms with Gasteiger partial charge in [0.25, 0.3) is 0 Å². The predicted octanol–water partition coefficient (Wildman–Crippen LogP) is 5.13. The lowest BCUT2D eigenvalue weighted by Gasteiger charge is -2.11. The van der Waals surface area contributed by atoms with Crippen LogP contribution < -0.4 is 0 Å². The number of benzene rings is 4. The summed E-state index contributed by atoms with van der Waals surface area (Å²) in [6, 6.07) is 18.8. The molecule has 4 rings (SSSR count). The molecular formula is C17H9N. The van der Waals surface area contributed by atoms with Gasteiger partial charge in [0.2, 0.25) is 0 Å². The first-order valence-corrected chi connectivity index (χ1v) is 5.92. The van der Waals surface area contributed by atoms with Crippen LogP contribution in [0.2, 0.25) is 0 Å². The average Bonchev–Trinajstić information content (AvgIpc) is 2.44. The zero-order chi connectivity index (χ0) is 12.1. The highest BCUT2D eigenvalue weighted by molar-refractivity contribution is 6.25. The van der Waals surface area contributed by atoms with E-state index in [1.165, 1.54) is 26.9 Å². The molecule has 4 aromatic carbocycles. The van der Waals surface area contributed by atoms with Gasteiger partial charge in [-0.25, -0.2) is 4.85 Å². The molecule has 0 aliphatic carbocycles. The fourth-order valence-corrected chi connectivity index (χ4v) is 2.82. The van der Waals surface area contributed by atoms with Gasteiger partial charge < -0.3 is 0 Å². The first-order chi connectivity index (χ1) is 8.88. The van der Waals surface area contributed by atoms with Gasteiger partial charge in [0, 0.05) is 0 Å². The van der Waals surface area contributed by atoms with E-state index >= 15 is 0 Å². The van der Waals surface area contributed by atoms with E-state index in [0.717, 1.165) is 11.1 Å². The summed E-state index contributed by atoms with van der Waals surface area (Å²) in [7, 11) is 0. The molecule has 0 radical (unpaired) electrons. The molecule has 0 aliphatic heterocycles. The number of nitrogens with zero attached hydrogens (tertiary/aromatic N) is 1. The first-order valence-electron chi connectivity index (χ1n) is 5.92. The molecule has 0 unspecified atom stereocenters. The van der Waals surface area contributed by atoms with Crippen molar-refractivity contribution < 1.29 is 0 Å². The van der Waals surface area contributed by atoms with Crippen LogP contribution in [-0.2, 0) is 0 Å². The number of hydrogen-bond donors (Lipinski definition) is 0. The van der Waals surface area contributed by atoms with Crippen molar-refractivity contribution in [3.8, 4) is 0 Å². The number of rotatable bonds is 0. The van der Waals surface area contributed by atoms with Crippen LogP contribution in [0, 0.1) is 6.57 Å². The monoisotopic (exact) mass is 227 g/mol. The largest absolute Gasteiger partial charge is 0.238 e. The summed E-state index contributed by atoms with van der Waals surface area (Å²) in [5, 5.41) is 7.26. The zero-order valence-corrected chi connectivity index (χ0v) is 9.64. The summed E-state index contributed by atoms with van der Waals surface area (Å²) >= 11 is 0. The van der Waals surface area contributed by atoms with Crippen molar-refractivity contribution in [2.45, 2.75) is 0 Å². The summed E-state index contributed by atoms with van der Waals surface area (Å²) in [4.78, 5) is 3.63. The van der Waals surface area contributed by atoms with Crippen molar-refractivity contribution >= 4 is 38.0 Å². The van der Waals surface area contributed by atoms with Gasteiger partial charge in [0.1, 0.15) is 0 Å². The summed E-state index contributed by atoms with van der Waals surface area (Å²) in [6.07, 6.45) is 0. The highest BCUT2D eigenvalue weighted by Crippen LogP contribution is 2.38. The average molecular weight is 227 g/mol. The maximum absolute atomic E-state index is 7.28. The van der Waals surface area contributed by atoms with E-state index in [1.807, 2.05) is 12.1 Å². The molecule has 0 saturated carbocycles. The molecule has 0 fully saturated rings. The fourth-order valence-electron chi connectivity index (χ4n) is 2.82. The van der Waals surface area contributed by atoms with Gasteiger partial charge in [-0.1, -0.05) is 54.6 Å². The molecule has 0 bridgehead atoms. The third-order valence-electron chi connectivity index (χ3n) is 3.63. The van der Waals surface area contributed by atoms with Crippen LogP contribution >= 0.6 is 0 Å². The second kappa shape index (κ2) is 3.21. The molecule has 0 saturated heterocycles. The third-order valence-corrected chi connectivity index (χ3v) is 3.63. The van der Waals surface area contributed by atoms with Crippen molar-refractivity contribution in [2.24, 2.45) is 0 Å². The summed E-state index contributed by atoms with van der Waals surface area (Å²) in [6.45, 7) is 7.28. The molecule has 0 atom stereocenters. The molecule has 0 heterocycles. The van der Waals surface area contributed by atoms with Crippen LogP contribution in [0.15, 0.2) is 54.6 Å². The van der Waals surface area contributed by atoms with Crippen LogP contribution in [-0.4, -0.2) is 0 Å². The zero-order valence-electron chi connectivity index (χ0n) is 9.64. The van der Waals surface area contributed by atoms with Gasteiger partial charge in [0.15, 0.2) is 5.69 Å². The van der Waals surface area contributed by atoms with Crippen LogP contribution in [0.25, 0.3) is 37.2 Å². The van der Waals surface area contributed by atoms with E-state index < -0.39 is 0 Å². The quantitative estimate of drug-likeness (QED) is 0.289. The SMILES string of the molecule is [C-]#[N+]c1ccc2ccc3cccc4ccc1c2c34. The van der Waals surface area contributed by atoms with Crippen LogP contribution in [0.4, 0.5) is 5.69 Å². The van der Waals surface area contributed by atoms with E-state index in [-0.39, 0.29) is 0 Å². The van der Waals surface area contributed by atoms with Crippen molar-refractivity contribution in [2.75, 3.05) is 0 Å². The fraction of sp³-hybridized carbons (Fsp3) is 0. The summed E-state index contributed by atoms with van der Waals surface area (Å²) in [5.41, 5.74) is 0.737. The van der Waals surface area contributed by atoms with Crippen LogP contribution in [0.1, 0.15) is 0 Å². The Kier molecular flexibility index (Phi) is 1.68. The Morgan fingerprint density at radius 2 is 1.28 bits per heavy atom. The van der Waals surface area contributed by atoms with E-state index in [4.69, 9.17) is 6.57 Å². The molecule has 0 aliphatic rings. The maximum atomic E-state index is 7.28. The predicted molar refractivity (Wildman–Crippen MR) is 76.4 cm³/mol. The van der Waals surface area contributed by atoms with Gasteiger partial charge in [0.05, 0.1) is 6.57 Å². The van der Waals surface area contributed by atoms with Crippen molar-refractivity contribution in [3.05, 3.63) is 66.0 Å². The minimum atomic E-state index is 0.737. The van der Waals surface area contributed by atoms with E-state index in [9.17, 15) is 0 Å². The third kappa shape index (κ3) is 1.05. The smallest absolute Gasteiger partial charge is 0.194 e. The lowest BCUT2D eigenvalue weighted by molar-refractivity contribution is 1.78. The second-order valence-corrected chi connectivity index (χ2v) is 4.55. The second-order valence-electron chi connectivity index (χ2n) is 4.55. The summed E-state index contributed by atoms with van der Waals surface area (Å²) in [5.74, 6) is 0. The Balaban J connectivity index is 2.45. The van der Waals surface area contributed by atoms with E-state index in [1.54, 1.807) is 0 Å². The van der Waals surface area contributed by atoms with Crippen molar-refractivity contribution in [3.63, 3.8) is 0 Å². The molecule has 0 aromatic heterocycles. The van der Waals surface area contributed by atoms with Gasteiger partial charge in [-0.3, -0.25) is 0 Å². The Labute approximate surface area is 104 Å². The summed E-state index contributed by atoms with van der Waals surface area (Å²) < 4.78 is 0. The van der Waals surface area contributed by atoms with Gasteiger partial charge >= 0.3 is 0 Å². The Morgan fingerprint density at radius 3 is 2.00 bits per heavy atom. The minimum Gasteiger partial charge on any atom is -0.238 e. The number of hydrogen-bond acceptors (Lipinski definition) is 0. The molecule has 18 heavy (non-hydrogen) atoms. The van der Waals surface area contributed by atoms with Crippen molar-refractivity contribution in [1.29, 1.82) is 0 Å². The van der Waals surface area contributed by atoms with Gasteiger partial charge in [-0.05, 0) is 32.3 Å². The lowest BCUT2D eigenvalue weighted by Crippen LogP contribution is -1.83. The maximum Gasteiger partial charge on any atom is 0.194 e. The molecule has 0 amide bonds. The van der Waals surface area contributed by atoms with Crippen LogP contribution in [0.3, 0.4) is 0 Å². The van der Waals surface area contributed by atoms with E-state index in [2.05, 4.69) is 47.3 Å². The molecule has 1 nitrogen and oxygen atoms in total. The normalized spacial score (nSPS) is 11.3. The van der Waals surface area contributed by atoms with Crippen LogP contribution in [0.5, 0.6) is 0 Å². The minimum absolute atomic E-state index is 0.737. The highest BCUT2D eigenvalue weighted by Gasteiger charge is 2.09. The molecule has 4 aromatic rings. The van der Waals surface area contributed by atoms with Crippen molar-refractivity contribution in [1.82, 2.24) is 0 Å². The Morgan fingerprint density at radius 1 is 0.667 bits per heavy atom. The standard InChI is InChI=1S/C17H9N/c1-18-15-10-8-13-6-5-11-3-2-4-12-7-9-14(15)17(13)16(11)12/h2-10H. The topological polar surface area (TPSA) is 4.36 Å². The molecule has 0 N–H and O–H groups in total. The first kappa shape index (κ1) is 9.44. The molecule has 82 valence electrons. The molecule has 1 heteroatoms.